The molecule has 1 aliphatic heterocycles. The molecule has 0 aliphatic carbocycles. The Morgan fingerprint density at radius 1 is 0.907 bits per heavy atom. The van der Waals surface area contributed by atoms with Crippen LogP contribution in [-0.2, 0) is 16.2 Å². The van der Waals surface area contributed by atoms with Gasteiger partial charge in [-0.05, 0) is 42.5 Å². The molecule has 1 aliphatic rings. The van der Waals surface area contributed by atoms with E-state index in [9.17, 15) is 35.6 Å². The van der Waals surface area contributed by atoms with Gasteiger partial charge in [-0.15, -0.1) is 0 Å². The number of pyridine rings is 1. The Morgan fingerprint density at radius 3 is 2.23 bits per heavy atom. The van der Waals surface area contributed by atoms with E-state index in [2.05, 4.69) is 4.98 Å². The molecular formula is C29H24F4N4O5S. The molecule has 0 spiro atoms. The molecule has 224 valence electrons. The van der Waals surface area contributed by atoms with Gasteiger partial charge in [-0.25, -0.2) is 12.8 Å². The van der Waals surface area contributed by atoms with Gasteiger partial charge < -0.3 is 14.5 Å². The van der Waals surface area contributed by atoms with Gasteiger partial charge in [-0.2, -0.15) is 13.2 Å². The maximum atomic E-state index is 14.6. The second-order valence-corrected chi connectivity index (χ2v) is 11.3. The second kappa shape index (κ2) is 11.5. The van der Waals surface area contributed by atoms with Crippen LogP contribution in [0, 0.1) is 5.82 Å². The highest BCUT2D eigenvalue weighted by Crippen LogP contribution is 2.37. The molecule has 2 amide bonds. The number of rotatable bonds is 6. The molecule has 0 unspecified atom stereocenters. The highest BCUT2D eigenvalue weighted by atomic mass is 32.2. The highest BCUT2D eigenvalue weighted by molar-refractivity contribution is 7.93. The van der Waals surface area contributed by atoms with Crippen LogP contribution in [0.4, 0.5) is 23.2 Å². The third kappa shape index (κ3) is 5.95. The van der Waals surface area contributed by atoms with E-state index in [1.807, 2.05) is 4.72 Å². The number of aromatic nitrogens is 1. The van der Waals surface area contributed by atoms with E-state index in [0.29, 0.717) is 11.5 Å². The minimum atomic E-state index is -5.00. The lowest BCUT2D eigenvalue weighted by Crippen LogP contribution is -2.50. The van der Waals surface area contributed by atoms with Crippen LogP contribution in [0.3, 0.4) is 0 Å². The lowest BCUT2D eigenvalue weighted by atomic mass is 10.1. The Kier molecular flexibility index (Phi) is 7.97. The molecular weight excluding hydrogens is 592 g/mol. The molecule has 14 heteroatoms. The zero-order valence-electron chi connectivity index (χ0n) is 22.6. The maximum Gasteiger partial charge on any atom is 0.418 e. The predicted molar refractivity (Wildman–Crippen MR) is 149 cm³/mol. The van der Waals surface area contributed by atoms with Gasteiger partial charge in [-0.1, -0.05) is 24.3 Å². The molecule has 5 rings (SSSR count). The first-order chi connectivity index (χ1) is 20.4. The van der Waals surface area contributed by atoms with E-state index in [-0.39, 0.29) is 53.5 Å². The van der Waals surface area contributed by atoms with Crippen LogP contribution in [0.2, 0.25) is 0 Å². The predicted octanol–water partition coefficient (Wildman–Crippen LogP) is 4.80. The molecule has 0 radical (unpaired) electrons. The van der Waals surface area contributed by atoms with Crippen LogP contribution in [0.25, 0.3) is 10.9 Å². The summed E-state index contributed by atoms with van der Waals surface area (Å²) in [6.07, 6.45) is -3.63. The Hall–Kier alpha value is -4.72. The minimum Gasteiger partial charge on any atom is -0.494 e. The Balaban J connectivity index is 1.35. The molecule has 0 atom stereocenters. The molecule has 9 nitrogen and oxygen atoms in total. The number of nitrogens with one attached hydrogen (secondary N) is 1. The van der Waals surface area contributed by atoms with Crippen LogP contribution in [0.1, 0.15) is 26.3 Å². The zero-order valence-corrected chi connectivity index (χ0v) is 23.4. The van der Waals surface area contributed by atoms with Gasteiger partial charge in [-0.3, -0.25) is 19.3 Å². The summed E-state index contributed by atoms with van der Waals surface area (Å²) < 4.78 is 90.1. The maximum absolute atomic E-state index is 14.6. The van der Waals surface area contributed by atoms with Crippen molar-refractivity contribution in [2.45, 2.75) is 11.1 Å². The average Bonchev–Trinajstić information content (AvgIpc) is 2.99. The van der Waals surface area contributed by atoms with Crippen molar-refractivity contribution >= 4 is 38.4 Å². The van der Waals surface area contributed by atoms with E-state index in [0.717, 1.165) is 12.1 Å². The van der Waals surface area contributed by atoms with Crippen molar-refractivity contribution in [2.75, 3.05) is 38.0 Å². The number of piperazine rings is 1. The minimum absolute atomic E-state index is 0.0139. The highest BCUT2D eigenvalue weighted by Gasteiger charge is 2.36. The zero-order chi connectivity index (χ0) is 30.9. The van der Waals surface area contributed by atoms with Gasteiger partial charge in [0.25, 0.3) is 21.8 Å². The van der Waals surface area contributed by atoms with Gasteiger partial charge in [0.05, 0.1) is 29.4 Å². The first-order valence-electron chi connectivity index (χ1n) is 12.9. The Bertz CT molecular complexity index is 1820. The van der Waals surface area contributed by atoms with Gasteiger partial charge in [0.1, 0.15) is 4.90 Å². The van der Waals surface area contributed by atoms with Crippen LogP contribution >= 0.6 is 0 Å². The van der Waals surface area contributed by atoms with Gasteiger partial charge in [0, 0.05) is 43.3 Å². The van der Waals surface area contributed by atoms with Crippen LogP contribution < -0.4 is 9.46 Å². The van der Waals surface area contributed by atoms with Crippen LogP contribution in [0.5, 0.6) is 5.75 Å². The van der Waals surface area contributed by atoms with Crippen molar-refractivity contribution in [3.63, 3.8) is 0 Å². The summed E-state index contributed by atoms with van der Waals surface area (Å²) in [6, 6.07) is 14.2. The number of hydrogen-bond acceptors (Lipinski definition) is 6. The summed E-state index contributed by atoms with van der Waals surface area (Å²) in [5, 5.41) is 0.484. The van der Waals surface area contributed by atoms with Crippen molar-refractivity contribution in [1.82, 2.24) is 14.8 Å². The topological polar surface area (TPSA) is 109 Å². The van der Waals surface area contributed by atoms with E-state index < -0.39 is 45.1 Å². The Morgan fingerprint density at radius 2 is 1.56 bits per heavy atom. The van der Waals surface area contributed by atoms with E-state index in [4.69, 9.17) is 4.74 Å². The fraction of sp³-hybridized carbons (Fsp3) is 0.207. The number of amides is 2. The average molecular weight is 617 g/mol. The van der Waals surface area contributed by atoms with Crippen molar-refractivity contribution in [2.24, 2.45) is 0 Å². The normalized spacial score (nSPS) is 14.1. The molecule has 43 heavy (non-hydrogen) atoms. The molecule has 1 aromatic heterocycles. The number of hydrogen-bond donors (Lipinski definition) is 1. The number of sulfonamides is 1. The molecule has 1 fully saturated rings. The number of fused-ring (bicyclic) bond motifs is 1. The lowest BCUT2D eigenvalue weighted by Gasteiger charge is -2.35. The molecule has 3 aromatic carbocycles. The quantitative estimate of drug-likeness (QED) is 0.312. The number of ether oxygens (including phenoxy) is 1. The summed E-state index contributed by atoms with van der Waals surface area (Å²) in [5.74, 6) is -2.26. The van der Waals surface area contributed by atoms with Gasteiger partial charge in [0.15, 0.2) is 11.6 Å². The number of nitrogens with zero attached hydrogens (tertiary/aromatic N) is 3. The SMILES string of the molecule is COc1cccc(C(=O)N2CCN(C(=O)c3ccc(NS(=O)(=O)c4cccc5cccnc45)c(C(F)(F)F)c3)CC2)c1F. The molecule has 4 aromatic rings. The fourth-order valence-electron chi connectivity index (χ4n) is 4.79. The lowest BCUT2D eigenvalue weighted by molar-refractivity contribution is -0.136. The third-order valence-electron chi connectivity index (χ3n) is 6.97. The third-order valence-corrected chi connectivity index (χ3v) is 8.37. The molecule has 1 saturated heterocycles. The van der Waals surface area contributed by atoms with Crippen LogP contribution in [-0.4, -0.2) is 68.3 Å². The number of carbonyl (C=O) groups excluding carboxylic acids is 2. The van der Waals surface area contributed by atoms with Crippen molar-refractivity contribution in [1.29, 1.82) is 0 Å². The largest absolute Gasteiger partial charge is 0.494 e. The molecule has 2 heterocycles. The smallest absolute Gasteiger partial charge is 0.418 e. The number of para-hydroxylation sites is 1. The molecule has 0 bridgehead atoms. The van der Waals surface area contributed by atoms with E-state index in [1.54, 1.807) is 18.2 Å². The summed E-state index contributed by atoms with van der Waals surface area (Å²) in [6.45, 7) is 0.00848. The summed E-state index contributed by atoms with van der Waals surface area (Å²) in [4.78, 5) is 32.4. The molecule has 0 saturated carbocycles. The number of methoxy groups -OCH3 is 1. The number of alkyl halides is 3. The molecule has 1 N–H and O–H groups in total. The van der Waals surface area contributed by atoms with Crippen LogP contribution in [0.15, 0.2) is 77.8 Å². The number of halogens is 4. The van der Waals surface area contributed by atoms with Crippen molar-refractivity contribution in [3.8, 4) is 5.75 Å². The van der Waals surface area contributed by atoms with E-state index >= 15 is 0 Å². The monoisotopic (exact) mass is 616 g/mol. The Labute approximate surface area is 243 Å². The summed E-state index contributed by atoms with van der Waals surface area (Å²) in [5.41, 5.74) is -2.54. The van der Waals surface area contributed by atoms with Crippen molar-refractivity contribution < 1.29 is 40.3 Å². The van der Waals surface area contributed by atoms with E-state index in [1.165, 1.54) is 53.4 Å². The van der Waals surface area contributed by atoms with Crippen molar-refractivity contribution in [3.05, 3.63) is 95.4 Å². The standard InChI is InChI=1S/C29H24F4N4O5S/c1-42-23-8-3-7-20(25(23)30)28(39)37-15-13-36(14-16-37)27(38)19-10-11-22(21(17-19)29(31,32)33)35-43(40,41)24-9-2-5-18-6-4-12-34-26(18)24/h2-12,17,35H,13-16H2,1H3. The van der Waals surface area contributed by atoms with Gasteiger partial charge >= 0.3 is 6.18 Å². The fourth-order valence-corrected chi connectivity index (χ4v) is 6.05. The number of anilines is 1. The number of carbonyl (C=O) groups is 2. The summed E-state index contributed by atoms with van der Waals surface area (Å²) in [7, 11) is -3.23. The summed E-state index contributed by atoms with van der Waals surface area (Å²) >= 11 is 0. The second-order valence-electron chi connectivity index (χ2n) is 9.60. The first kappa shape index (κ1) is 29.8. The number of benzene rings is 3. The first-order valence-corrected chi connectivity index (χ1v) is 14.4. The van der Waals surface area contributed by atoms with Gasteiger partial charge in [0.2, 0.25) is 0 Å².